The van der Waals surface area contributed by atoms with Gasteiger partial charge in [-0.15, -0.1) is 0 Å². The Bertz CT molecular complexity index is 8700. The molecule has 0 atom stereocenters. The average molecular weight is 2020 g/mol. The molecule has 700 valence electrons. The van der Waals surface area contributed by atoms with Crippen molar-refractivity contribution < 1.29 is 123 Å². The smallest absolute Gasteiger partial charge is 0.857 e. The van der Waals surface area contributed by atoms with Gasteiger partial charge < -0.3 is 46.0 Å². The number of nitro groups is 3. The monoisotopic (exact) mass is 2020 g/mol. The fourth-order valence-electron chi connectivity index (χ4n) is 16.1. The molecule has 0 fully saturated rings. The van der Waals surface area contributed by atoms with Gasteiger partial charge in [-0.3, -0.25) is 35.3 Å². The second-order valence-electron chi connectivity index (χ2n) is 30.7. The van der Waals surface area contributed by atoms with Crippen LogP contribution in [0.5, 0.6) is 11.5 Å². The van der Waals surface area contributed by atoms with E-state index >= 15 is 0 Å². The van der Waals surface area contributed by atoms with Crippen LogP contribution >= 0.6 is 27.5 Å². The third kappa shape index (κ3) is 21.7. The Morgan fingerprint density at radius 1 is 0.364 bits per heavy atom. The molecule has 0 aliphatic rings. The molecule has 22 aromatic rings. The fraction of sp³-hybridized carbons (Fsp3) is 0.0288. The maximum absolute atomic E-state index is 14.5. The van der Waals surface area contributed by atoms with Crippen molar-refractivity contribution in [1.82, 2.24) is 49.8 Å². The van der Waals surface area contributed by atoms with Gasteiger partial charge >= 0.3 is 58.5 Å². The van der Waals surface area contributed by atoms with Crippen LogP contribution in [0.3, 0.4) is 0 Å². The van der Waals surface area contributed by atoms with Crippen LogP contribution in [0.15, 0.2) is 346 Å². The van der Waals surface area contributed by atoms with E-state index in [1.54, 1.807) is 173 Å². The van der Waals surface area contributed by atoms with E-state index in [0.717, 1.165) is 77.1 Å². The summed E-state index contributed by atoms with van der Waals surface area (Å²) in [6, 6.07) is 71.9. The van der Waals surface area contributed by atoms with Gasteiger partial charge in [-0.2, -0.15) is 21.3 Å². The number of non-ortho nitro benzene ring substituents is 3. The summed E-state index contributed by atoms with van der Waals surface area (Å²) >= 11 is 9.18. The van der Waals surface area contributed by atoms with Gasteiger partial charge in [0.05, 0.1) is 67.9 Å². The minimum atomic E-state index is -1.67. The summed E-state index contributed by atoms with van der Waals surface area (Å²) in [6.07, 6.45) is 19.0. The number of nitrogen functional groups attached to an aromatic ring is 1. The number of nitrogens with two attached hydrogens (primary N) is 1. The molecule has 0 aliphatic carbocycles. The number of aromatic nitrogens is 13. The summed E-state index contributed by atoms with van der Waals surface area (Å²) in [5.74, 6) is 0.107. The number of rotatable bonds is 13. The normalized spacial score (nSPS) is 10.7. The van der Waals surface area contributed by atoms with Crippen molar-refractivity contribution in [2.75, 3.05) is 27.1 Å². The standard InChI is InChI=1S/C24H17FN4O.C24H16FN3O2.C23H13FN4O3.C14H10BFN2O2.C9H5BrN2O2.C9H5ClN2O3.CH3O.K/c1-30-21-9-8-14(15-10-12-27-23(26)22(15)21)18-13-20(17-5-2-3-7-19(17)25)29-24-16(18)6-4-11-28-24;1-30-23-9-8-15(16-10-12-28(29)14-20(16)23)19-13-22(18-5-2-3-7-21(18)25)27-24-17(19)6-4-11-26-24;24-20-6-2-1-4-17(20)21-12-18(16-5-3-10-25-23(16)26-21)14-7-8-22(28(30)31)19-13-27(29)11-9-15(14)19;16-12-6-2-1-4-10(12)13-8-11(15(19)20)9-5-3-7-17-14(9)18-13;10-8-1-2-9(12(13)14)7-5-11-4-3-6(7)8;10-8-1-2-9(12(14)15)7-5-11(13)4-3-6(7)8;1-2;/h2-13H,1H3,(H2,26,27);2-14H,1H3;1-13H;1-8,19-20H;1-5H;1-5H;1H3;/q;;;;;;-1;+1. The Kier molecular flexibility index (Phi) is 31.8. The van der Waals surface area contributed by atoms with Crippen LogP contribution in [-0.2, 0) is 0 Å². The molecule has 0 saturated heterocycles. The molecular weight excluding hydrogens is 1950 g/mol. The number of ether oxygens (including phenoxy) is 2. The van der Waals surface area contributed by atoms with Crippen molar-refractivity contribution in [3.8, 4) is 89.9 Å². The van der Waals surface area contributed by atoms with E-state index in [0.29, 0.717) is 143 Å². The number of benzene rings is 9. The van der Waals surface area contributed by atoms with Gasteiger partial charge in [-0.05, 0) is 202 Å². The van der Waals surface area contributed by atoms with Crippen LogP contribution in [0.1, 0.15) is 0 Å². The topological polar surface area (TPSA) is 447 Å². The molecule has 0 bridgehead atoms. The van der Waals surface area contributed by atoms with Crippen LogP contribution in [0.2, 0.25) is 5.02 Å². The third-order valence-corrected chi connectivity index (χ3v) is 23.5. The molecule has 0 aliphatic heterocycles. The summed E-state index contributed by atoms with van der Waals surface area (Å²) < 4.78 is 70.9. The molecule has 0 saturated carbocycles. The minimum absolute atomic E-state index is 0. The molecular formula is C104H69BBrClF4KN17O14. The molecule has 143 heavy (non-hydrogen) atoms. The molecule has 0 unspecified atom stereocenters. The number of hydrogen-bond donors (Lipinski definition) is 3. The van der Waals surface area contributed by atoms with Gasteiger partial charge in [0.15, 0.2) is 59.8 Å². The van der Waals surface area contributed by atoms with Crippen molar-refractivity contribution in [3.05, 3.63) is 420 Å². The predicted octanol–water partition coefficient (Wildman–Crippen LogP) is 17.0. The van der Waals surface area contributed by atoms with E-state index < -0.39 is 33.5 Å². The summed E-state index contributed by atoms with van der Waals surface area (Å²) in [6.45, 7) is 0. The van der Waals surface area contributed by atoms with E-state index in [9.17, 15) is 73.6 Å². The largest absolute Gasteiger partial charge is 1.00 e. The number of methoxy groups -OCH3 is 2. The van der Waals surface area contributed by atoms with Crippen LogP contribution in [-0.4, -0.2) is 103 Å². The van der Waals surface area contributed by atoms with Crippen molar-refractivity contribution in [2.45, 2.75) is 0 Å². The van der Waals surface area contributed by atoms with Gasteiger partial charge in [-0.25, -0.2) is 62.4 Å². The number of nitro benzene ring substituents is 3. The van der Waals surface area contributed by atoms with Crippen molar-refractivity contribution in [3.63, 3.8) is 0 Å². The molecule has 4 N–H and O–H groups in total. The first kappa shape index (κ1) is 101. The molecule has 13 aromatic heterocycles. The first-order chi connectivity index (χ1) is 68.8. The van der Waals surface area contributed by atoms with Gasteiger partial charge in [0, 0.05) is 155 Å². The van der Waals surface area contributed by atoms with Gasteiger partial charge in [0.1, 0.15) is 51.4 Å². The second kappa shape index (κ2) is 45.1. The number of halogens is 6. The van der Waals surface area contributed by atoms with Gasteiger partial charge in [0.25, 0.3) is 17.1 Å². The Balaban J connectivity index is 0.000000132. The summed E-state index contributed by atoms with van der Waals surface area (Å²) in [7, 11) is 2.25. The van der Waals surface area contributed by atoms with E-state index in [4.69, 9.17) is 31.9 Å². The molecule has 0 radical (unpaired) electrons. The minimum Gasteiger partial charge on any atom is -0.857 e. The van der Waals surface area contributed by atoms with E-state index in [-0.39, 0.29) is 96.3 Å². The van der Waals surface area contributed by atoms with E-state index in [1.807, 2.05) is 72.8 Å². The molecule has 39 heteroatoms. The Morgan fingerprint density at radius 2 is 0.720 bits per heavy atom. The second-order valence-corrected chi connectivity index (χ2v) is 31.9. The zero-order valence-corrected chi connectivity index (χ0v) is 80.7. The maximum Gasteiger partial charge on any atom is 1.00 e. The summed E-state index contributed by atoms with van der Waals surface area (Å²) in [5, 5.41) is 104. The van der Waals surface area contributed by atoms with Crippen molar-refractivity contribution >= 4 is 161 Å². The maximum atomic E-state index is 14.5. The van der Waals surface area contributed by atoms with Crippen LogP contribution < -0.4 is 91.4 Å². The zero-order valence-electron chi connectivity index (χ0n) is 75.2. The Labute approximate surface area is 863 Å². The van der Waals surface area contributed by atoms with Crippen molar-refractivity contribution in [2.24, 2.45) is 0 Å². The number of hydrogen-bond acceptors (Lipinski definition) is 25. The van der Waals surface area contributed by atoms with E-state index in [2.05, 4.69) is 65.8 Å². The molecule has 0 spiro atoms. The number of fused-ring (bicyclic) bond motifs is 9. The zero-order chi connectivity index (χ0) is 100. The van der Waals surface area contributed by atoms with Crippen molar-refractivity contribution in [1.29, 1.82) is 0 Å². The predicted molar refractivity (Wildman–Crippen MR) is 535 cm³/mol. The Morgan fingerprint density at radius 3 is 1.15 bits per heavy atom. The molecule has 13 heterocycles. The van der Waals surface area contributed by atoms with Crippen LogP contribution in [0.4, 0.5) is 40.4 Å². The third-order valence-electron chi connectivity index (χ3n) is 22.5. The number of anilines is 1. The van der Waals surface area contributed by atoms with Crippen LogP contribution in [0, 0.1) is 69.2 Å². The van der Waals surface area contributed by atoms with Gasteiger partial charge in [-0.1, -0.05) is 94.3 Å². The quantitative estimate of drug-likeness (QED) is 0.0241. The summed E-state index contributed by atoms with van der Waals surface area (Å²) in [5.41, 5.74) is 16.0. The molecule has 22 rings (SSSR count). The number of nitrogens with zero attached hydrogens (tertiary/aromatic N) is 16. The number of pyridine rings is 13. The average Bonchev–Trinajstić information content (AvgIpc) is 0.755. The fourth-order valence-corrected chi connectivity index (χ4v) is 16.8. The van der Waals surface area contributed by atoms with Crippen LogP contribution in [0.25, 0.3) is 176 Å². The molecule has 31 nitrogen and oxygen atoms in total. The molecule has 9 aromatic carbocycles. The first-order valence-corrected chi connectivity index (χ1v) is 43.6. The van der Waals surface area contributed by atoms with Gasteiger partial charge in [0.2, 0.25) is 0 Å². The Hall–Kier alpha value is -16.7. The first-order valence-electron chi connectivity index (χ1n) is 42.4. The molecule has 0 amide bonds. The van der Waals surface area contributed by atoms with E-state index in [1.165, 1.54) is 104 Å². The summed E-state index contributed by atoms with van der Waals surface area (Å²) in [4.78, 5) is 74.7. The SMILES string of the molecule is COc1ccc(-c2cc(-c3ccccc3F)nc3ncccc23)c2cc[n+]([O-])cc12.COc1ccc(-c2cc(-c3ccccc3F)nc3ncccc23)c2ccnc(N)c12.C[O-].O=[N+]([O-])c1ccc(-c2cc(-c3ccccc3F)nc3ncccc23)c2cc[n+]([O-])cc12.O=[N+]([O-])c1ccc(Br)c2ccncc12.O=[N+]([O-])c1ccc(Cl)c2cc[n+]([O-])cc12.OB(O)c1cc(-c2ccccc2F)nc2ncccc12.[K+].